The van der Waals surface area contributed by atoms with Crippen LogP contribution in [-0.4, -0.2) is 166 Å². The van der Waals surface area contributed by atoms with Crippen LogP contribution in [0.5, 0.6) is 5.75 Å². The second-order valence-corrected chi connectivity index (χ2v) is 27.1. The third-order valence-electron chi connectivity index (χ3n) is 19.7. The van der Waals surface area contributed by atoms with Gasteiger partial charge in [-0.1, -0.05) is 24.3 Å². The highest BCUT2D eigenvalue weighted by molar-refractivity contribution is 7.90. The molecule has 456 valence electrons. The number of amides is 1. The van der Waals surface area contributed by atoms with Gasteiger partial charge in [0.1, 0.15) is 11.3 Å². The minimum atomic E-state index is -4.63. The number of carbonyl (C=O) groups is 1. The summed E-state index contributed by atoms with van der Waals surface area (Å²) in [6, 6.07) is 25.0. The van der Waals surface area contributed by atoms with Crippen molar-refractivity contribution in [3.63, 3.8) is 0 Å². The fourth-order valence-electron chi connectivity index (χ4n) is 14.8. The number of aryl methyl sites for hydroxylation is 1. The molecule has 2 aliphatic carbocycles. The van der Waals surface area contributed by atoms with Crippen molar-refractivity contribution in [3.05, 3.63) is 124 Å². The molecule has 0 radical (unpaired) electrons. The van der Waals surface area contributed by atoms with Crippen LogP contribution in [0.2, 0.25) is 0 Å². The summed E-state index contributed by atoms with van der Waals surface area (Å²) in [5.41, 5.74) is 6.21. The summed E-state index contributed by atoms with van der Waals surface area (Å²) < 4.78 is 48.6. The number of morpholine rings is 1. The van der Waals surface area contributed by atoms with Crippen LogP contribution in [0.15, 0.2) is 96.2 Å². The third-order valence-corrected chi connectivity index (χ3v) is 21.1. The van der Waals surface area contributed by atoms with Gasteiger partial charge in [-0.05, 0) is 148 Å². The lowest BCUT2D eigenvalue weighted by Gasteiger charge is -2.58. The lowest BCUT2D eigenvalue weighted by atomic mass is 9.59. The molecule has 8 heterocycles. The molecule has 3 aromatic carbocycles. The molecule has 4 N–H and O–H groups in total. The third kappa shape index (κ3) is 11.8. The van der Waals surface area contributed by atoms with Gasteiger partial charge in [0.15, 0.2) is 17.4 Å². The number of hydrogen-bond donors (Lipinski definition) is 4. The van der Waals surface area contributed by atoms with E-state index in [4.69, 9.17) is 24.2 Å². The lowest BCUT2D eigenvalue weighted by molar-refractivity contribution is -0.384. The molecule has 2 atom stereocenters. The van der Waals surface area contributed by atoms with Gasteiger partial charge in [0, 0.05) is 120 Å². The number of aromatic amines is 1. The Morgan fingerprint density at radius 1 is 0.872 bits per heavy atom. The fraction of sp³-hybridized carbons (Fsp3) is 0.516. The number of aliphatic hydroxyl groups is 1. The zero-order chi connectivity index (χ0) is 59.3. The highest BCUT2D eigenvalue weighted by Gasteiger charge is 2.50. The quantitative estimate of drug-likeness (QED) is 0.0558. The molecule has 5 aliphatic heterocycles. The summed E-state index contributed by atoms with van der Waals surface area (Å²) in [5.74, 6) is 1.76. The average molecular weight is 1190 g/mol. The Morgan fingerprint density at radius 3 is 2.45 bits per heavy atom. The van der Waals surface area contributed by atoms with Crippen LogP contribution in [0.4, 0.5) is 40.1 Å². The van der Waals surface area contributed by atoms with Gasteiger partial charge in [-0.25, -0.2) is 23.1 Å². The number of ether oxygens (including phenoxy) is 3. The van der Waals surface area contributed by atoms with Crippen molar-refractivity contribution in [2.75, 3.05) is 124 Å². The summed E-state index contributed by atoms with van der Waals surface area (Å²) in [5, 5.41) is 27.0. The van der Waals surface area contributed by atoms with E-state index in [9.17, 15) is 28.4 Å². The Kier molecular flexibility index (Phi) is 16.1. The van der Waals surface area contributed by atoms with Crippen molar-refractivity contribution in [3.8, 4) is 5.75 Å². The Hall–Kier alpha value is -7.08. The van der Waals surface area contributed by atoms with Crippen molar-refractivity contribution in [2.45, 2.75) is 107 Å². The van der Waals surface area contributed by atoms with E-state index in [1.54, 1.807) is 13.2 Å². The number of rotatable bonds is 15. The van der Waals surface area contributed by atoms with Crippen LogP contribution in [0.3, 0.4) is 0 Å². The van der Waals surface area contributed by atoms with Crippen LogP contribution in [0.1, 0.15) is 97.8 Å². The molecule has 2 saturated carbocycles. The number of hydrogen-bond acceptors (Lipinski definition) is 18. The zero-order valence-corrected chi connectivity index (χ0v) is 50.4. The van der Waals surface area contributed by atoms with E-state index in [0.717, 1.165) is 155 Å². The summed E-state index contributed by atoms with van der Waals surface area (Å²) >= 11 is 0. The van der Waals surface area contributed by atoms with Crippen molar-refractivity contribution < 1.29 is 37.5 Å². The molecule has 0 bridgehead atoms. The van der Waals surface area contributed by atoms with E-state index < -0.39 is 37.0 Å². The number of carbonyl (C=O) groups excluding carboxylic acids is 1. The first-order chi connectivity index (χ1) is 41.6. The highest BCUT2D eigenvalue weighted by atomic mass is 32.2. The summed E-state index contributed by atoms with van der Waals surface area (Å²) in [4.78, 5) is 54.1. The van der Waals surface area contributed by atoms with Crippen LogP contribution in [0.25, 0.3) is 11.0 Å². The number of H-pyrrole nitrogens is 1. The van der Waals surface area contributed by atoms with E-state index in [0.29, 0.717) is 64.1 Å². The fourth-order valence-corrected chi connectivity index (χ4v) is 15.7. The lowest BCUT2D eigenvalue weighted by Crippen LogP contribution is -2.59. The monoisotopic (exact) mass is 1190 g/mol. The van der Waals surface area contributed by atoms with E-state index in [1.165, 1.54) is 23.3 Å². The van der Waals surface area contributed by atoms with Crippen LogP contribution in [-0.2, 0) is 26.0 Å². The second-order valence-electron chi connectivity index (χ2n) is 25.4. The van der Waals surface area contributed by atoms with E-state index >= 15 is 0 Å². The van der Waals surface area contributed by atoms with Gasteiger partial charge in [0.05, 0.1) is 65.3 Å². The number of pyridine rings is 2. The van der Waals surface area contributed by atoms with Gasteiger partial charge in [-0.3, -0.25) is 24.7 Å². The zero-order valence-electron chi connectivity index (χ0n) is 49.6. The van der Waals surface area contributed by atoms with Crippen LogP contribution in [0, 0.1) is 28.4 Å². The molecule has 1 amide bonds. The Morgan fingerprint density at radius 2 is 1.67 bits per heavy atom. The maximum absolute atomic E-state index is 14.9. The predicted molar refractivity (Wildman–Crippen MR) is 332 cm³/mol. The molecule has 13 rings (SSSR count). The number of nitro groups is 1. The van der Waals surface area contributed by atoms with Crippen molar-refractivity contribution >= 4 is 67.0 Å². The van der Waals surface area contributed by atoms with E-state index in [2.05, 4.69) is 87.7 Å². The number of benzene rings is 3. The molecule has 1 spiro atoms. The number of piperidine rings is 1. The van der Waals surface area contributed by atoms with Gasteiger partial charge in [0.2, 0.25) is 0 Å². The normalized spacial score (nSPS) is 24.0. The number of aromatic nitrogens is 3. The summed E-state index contributed by atoms with van der Waals surface area (Å²) in [7, 11) is -2.90. The Bertz CT molecular complexity index is 3590. The van der Waals surface area contributed by atoms with Gasteiger partial charge < -0.3 is 49.2 Å². The Labute approximate surface area is 503 Å². The maximum Gasteiger partial charge on any atom is 0.293 e. The average Bonchev–Trinajstić information content (AvgIpc) is 1.34. The van der Waals surface area contributed by atoms with Gasteiger partial charge in [-0.15, -0.1) is 0 Å². The second kappa shape index (κ2) is 23.9. The highest BCUT2D eigenvalue weighted by Crippen LogP contribution is 2.54. The number of nitro benzene ring substituents is 1. The molecule has 21 nitrogen and oxygen atoms in total. The topological polar surface area (TPSA) is 227 Å². The number of methoxy groups -OCH3 is 1. The molecular formula is C64H80N12O9S. The largest absolute Gasteiger partial charge is 0.493 e. The molecule has 0 unspecified atom stereocenters. The molecule has 4 saturated heterocycles. The first-order valence-electron chi connectivity index (χ1n) is 30.8. The Balaban J connectivity index is 0.737. The number of nitrogens with zero attached hydrogens (tertiary/aromatic N) is 9. The number of sulfonamides is 1. The van der Waals surface area contributed by atoms with Gasteiger partial charge in [0.25, 0.3) is 21.6 Å². The number of anilines is 6. The van der Waals surface area contributed by atoms with E-state index in [1.807, 2.05) is 37.5 Å². The molecule has 6 fully saturated rings. The van der Waals surface area contributed by atoms with Crippen molar-refractivity contribution in [2.24, 2.45) is 11.3 Å². The molecular weight excluding hydrogens is 1110 g/mol. The molecule has 7 aliphatic rings. The maximum atomic E-state index is 14.9. The predicted octanol–water partition coefficient (Wildman–Crippen LogP) is 8.55. The van der Waals surface area contributed by atoms with Crippen molar-refractivity contribution in [1.29, 1.82) is 0 Å². The van der Waals surface area contributed by atoms with Crippen LogP contribution >= 0.6 is 0 Å². The molecule has 3 aromatic heterocycles. The van der Waals surface area contributed by atoms with Gasteiger partial charge in [-0.2, -0.15) is 0 Å². The summed E-state index contributed by atoms with van der Waals surface area (Å²) in [6.45, 7) is 15.0. The first kappa shape index (κ1) is 58.0. The van der Waals surface area contributed by atoms with Crippen molar-refractivity contribution in [1.82, 2.24) is 29.5 Å². The molecule has 6 aromatic rings. The number of fused-ring (bicyclic) bond motifs is 4. The smallest absolute Gasteiger partial charge is 0.293 e. The first-order valence-corrected chi connectivity index (χ1v) is 32.3. The molecule has 22 heteroatoms. The minimum Gasteiger partial charge on any atom is -0.493 e. The standard InChI is InChI=1S/C64H80N12O9S/c1-43-7-4-5-8-51(43)57-41-70(39-45-31-58(83-3)61(67-38-45)72-26-29-84-30-27-72)24-25-73(57)48-35-64(36-48)18-22-71(23-19-64)47-9-11-52(54(33-47)75-40-49-42-85-28-6-21-74(49)60-56(75)32-46-15-20-65-59(46)68-60)62(77)69-86(81,82)50-10-12-53(55(34-50)76(79)80)66-37-44-13-16-63(2,78)17-14-44/h4-5,7-12,15,20,31-34,38,44,48-49,57,66,78H,6,13-14,16-19,21-30,35-37,39-42H2,1-3H3,(H,65,68)(H,69,77)/t44?,49-,57+,63?/m1/s1. The minimum absolute atomic E-state index is 0.122. The van der Waals surface area contributed by atoms with E-state index in [-0.39, 0.29) is 34.7 Å². The van der Waals surface area contributed by atoms with Crippen LogP contribution < -0.4 is 34.4 Å². The van der Waals surface area contributed by atoms with Gasteiger partial charge >= 0.3 is 0 Å². The SMILES string of the molecule is COc1cc(CN2CCN(C3CC4(CCN(c5ccc(C(=O)NS(=O)(=O)c6ccc(NCC7CCC(C)(O)CC7)c([N+](=O)[O-])c6)c(N6C[C@@H]7COCCCN7c7nc8[nH]ccc8cc76)c5)CC4)C3)[C@H](c3ccccc3C)C2)cnc1N1CCOCC1. The number of nitrogens with one attached hydrogen (secondary N) is 3. The number of piperazine rings is 1. The summed E-state index contributed by atoms with van der Waals surface area (Å²) in [6.07, 6.45) is 11.8. The molecule has 86 heavy (non-hydrogen) atoms.